The lowest BCUT2D eigenvalue weighted by Gasteiger charge is -2.04. The number of aromatic nitrogens is 2. The molecule has 3 rings (SSSR count). The second-order valence-electron chi connectivity index (χ2n) is 4.54. The Morgan fingerprint density at radius 3 is 2.90 bits per heavy atom. The number of benzene rings is 1. The van der Waals surface area contributed by atoms with Gasteiger partial charge in [-0.1, -0.05) is 0 Å². The molecule has 0 saturated carbocycles. The molecule has 3 N–H and O–H groups in total. The summed E-state index contributed by atoms with van der Waals surface area (Å²) in [7, 11) is 1.51. The number of carbonyl (C=O) groups is 1. The number of methoxy groups -OCH3 is 1. The topological polar surface area (TPSA) is 81.0 Å². The van der Waals surface area contributed by atoms with Gasteiger partial charge >= 0.3 is 0 Å². The summed E-state index contributed by atoms with van der Waals surface area (Å²) in [5.74, 6) is -0.551. The first-order valence-corrected chi connectivity index (χ1v) is 6.21. The van der Waals surface area contributed by atoms with E-state index in [1.807, 2.05) is 0 Å². The van der Waals surface area contributed by atoms with Crippen LogP contribution in [-0.2, 0) is 0 Å². The van der Waals surface area contributed by atoms with Gasteiger partial charge in [0.05, 0.1) is 18.9 Å². The van der Waals surface area contributed by atoms with Gasteiger partial charge in [-0.3, -0.25) is 4.79 Å². The van der Waals surface area contributed by atoms with Gasteiger partial charge in [-0.15, -0.1) is 0 Å². The molecule has 0 atom stereocenters. The zero-order chi connectivity index (χ0) is 15.0. The Hall–Kier alpha value is -2.89. The maximum atomic E-state index is 13.8. The van der Waals surface area contributed by atoms with E-state index in [0.29, 0.717) is 28.0 Å². The van der Waals surface area contributed by atoms with Crippen LogP contribution in [0, 0.1) is 5.82 Å². The summed E-state index contributed by atoms with van der Waals surface area (Å²) in [6.45, 7) is 0. The molecule has 0 aliphatic carbocycles. The van der Waals surface area contributed by atoms with Gasteiger partial charge in [0.1, 0.15) is 17.2 Å². The van der Waals surface area contributed by atoms with Gasteiger partial charge < -0.3 is 15.5 Å². The fourth-order valence-corrected chi connectivity index (χ4v) is 2.15. The minimum absolute atomic E-state index is 0.0706. The van der Waals surface area contributed by atoms with Crippen molar-refractivity contribution in [1.82, 2.24) is 9.97 Å². The molecule has 0 radical (unpaired) electrons. The lowest BCUT2D eigenvalue weighted by Crippen LogP contribution is -2.04. The summed E-state index contributed by atoms with van der Waals surface area (Å²) in [6.07, 6.45) is 3.04. The number of hydrogen-bond donors (Lipinski definition) is 2. The second-order valence-corrected chi connectivity index (χ2v) is 4.54. The minimum atomic E-state index is -0.612. The monoisotopic (exact) mass is 285 g/mol. The Balaban J connectivity index is 2.15. The van der Waals surface area contributed by atoms with Gasteiger partial charge in [0, 0.05) is 22.8 Å². The van der Waals surface area contributed by atoms with Gasteiger partial charge in [0.2, 0.25) is 0 Å². The minimum Gasteiger partial charge on any atom is -0.495 e. The fourth-order valence-electron chi connectivity index (χ4n) is 2.15. The van der Waals surface area contributed by atoms with E-state index in [4.69, 9.17) is 10.5 Å². The third kappa shape index (κ3) is 2.20. The normalized spacial score (nSPS) is 10.8. The van der Waals surface area contributed by atoms with E-state index >= 15 is 0 Å². The predicted molar refractivity (Wildman–Crippen MR) is 76.9 cm³/mol. The molecule has 2 aromatic heterocycles. The molecule has 0 aliphatic rings. The molecule has 0 unspecified atom stereocenters. The highest BCUT2D eigenvalue weighted by molar-refractivity contribution is 6.16. The predicted octanol–water partition coefficient (Wildman–Crippen LogP) is 2.52. The highest BCUT2D eigenvalue weighted by Crippen LogP contribution is 2.25. The molecule has 0 amide bonds. The number of carbonyl (C=O) groups excluding carboxylic acids is 1. The van der Waals surface area contributed by atoms with Crippen molar-refractivity contribution in [1.29, 1.82) is 0 Å². The molecule has 5 nitrogen and oxygen atoms in total. The number of pyridine rings is 1. The summed E-state index contributed by atoms with van der Waals surface area (Å²) in [6, 6.07) is 5.59. The van der Waals surface area contributed by atoms with Crippen molar-refractivity contribution >= 4 is 22.5 Å². The zero-order valence-electron chi connectivity index (χ0n) is 11.2. The van der Waals surface area contributed by atoms with Gasteiger partial charge in [-0.25, -0.2) is 9.37 Å². The van der Waals surface area contributed by atoms with Crippen molar-refractivity contribution in [2.24, 2.45) is 0 Å². The molecular weight excluding hydrogens is 273 g/mol. The van der Waals surface area contributed by atoms with Crippen molar-refractivity contribution in [3.8, 4) is 5.75 Å². The van der Waals surface area contributed by atoms with Gasteiger partial charge in [0.15, 0.2) is 5.78 Å². The van der Waals surface area contributed by atoms with Crippen LogP contribution < -0.4 is 10.5 Å². The van der Waals surface area contributed by atoms with E-state index in [9.17, 15) is 9.18 Å². The molecule has 0 bridgehead atoms. The largest absolute Gasteiger partial charge is 0.495 e. The van der Waals surface area contributed by atoms with Crippen LogP contribution in [-0.4, -0.2) is 22.9 Å². The molecule has 1 aromatic carbocycles. The number of aromatic amines is 1. The standard InChI is InChI=1S/C15H12FN3O2/c1-21-9-5-10-12(7-19-15(10)18-6-9)14(20)11-4-8(17)2-3-13(11)16/h2-7H,17H2,1H3,(H,18,19). The van der Waals surface area contributed by atoms with E-state index in [1.54, 1.807) is 6.07 Å². The van der Waals surface area contributed by atoms with E-state index < -0.39 is 11.6 Å². The Kier molecular flexibility index (Phi) is 3.06. The smallest absolute Gasteiger partial charge is 0.198 e. The van der Waals surface area contributed by atoms with Crippen molar-refractivity contribution in [3.63, 3.8) is 0 Å². The molecule has 21 heavy (non-hydrogen) atoms. The molecule has 3 aromatic rings. The van der Waals surface area contributed by atoms with Crippen molar-refractivity contribution < 1.29 is 13.9 Å². The number of ether oxygens (including phenoxy) is 1. The molecule has 106 valence electrons. The van der Waals surface area contributed by atoms with Crippen molar-refractivity contribution in [3.05, 3.63) is 53.6 Å². The second kappa shape index (κ2) is 4.90. The van der Waals surface area contributed by atoms with Gasteiger partial charge in [-0.05, 0) is 24.3 Å². The Bertz CT molecular complexity index is 842. The number of nitrogen functional groups attached to an aromatic ring is 1. The van der Waals surface area contributed by atoms with Crippen LogP contribution >= 0.6 is 0 Å². The lowest BCUT2D eigenvalue weighted by molar-refractivity contribution is 0.103. The van der Waals surface area contributed by atoms with E-state index in [1.165, 1.54) is 37.7 Å². The number of nitrogens with two attached hydrogens (primary N) is 1. The summed E-state index contributed by atoms with van der Waals surface area (Å²) in [5, 5.41) is 0.571. The van der Waals surface area contributed by atoms with Crippen LogP contribution in [0.2, 0.25) is 0 Å². The first kappa shape index (κ1) is 13.1. The zero-order valence-corrected chi connectivity index (χ0v) is 11.2. The summed E-state index contributed by atoms with van der Waals surface area (Å²) in [4.78, 5) is 19.5. The van der Waals surface area contributed by atoms with Crippen molar-refractivity contribution in [2.75, 3.05) is 12.8 Å². The molecular formula is C15H12FN3O2. The quantitative estimate of drug-likeness (QED) is 0.572. The highest BCUT2D eigenvalue weighted by atomic mass is 19.1. The number of halogens is 1. The van der Waals surface area contributed by atoms with Crippen LogP contribution in [0.5, 0.6) is 5.75 Å². The third-order valence-electron chi connectivity index (χ3n) is 3.22. The molecule has 2 heterocycles. The summed E-state index contributed by atoms with van der Waals surface area (Å²) < 4.78 is 18.9. The van der Waals surface area contributed by atoms with E-state index in [0.717, 1.165) is 0 Å². The Labute approximate surface area is 119 Å². The number of nitrogens with zero attached hydrogens (tertiary/aromatic N) is 1. The summed E-state index contributed by atoms with van der Waals surface area (Å²) >= 11 is 0. The first-order chi connectivity index (χ1) is 10.1. The summed E-state index contributed by atoms with van der Waals surface area (Å²) in [5.41, 5.74) is 6.73. The van der Waals surface area contributed by atoms with E-state index in [-0.39, 0.29) is 5.56 Å². The Morgan fingerprint density at radius 1 is 1.33 bits per heavy atom. The number of ketones is 1. The van der Waals surface area contributed by atoms with Crippen LogP contribution in [0.4, 0.5) is 10.1 Å². The van der Waals surface area contributed by atoms with Crippen LogP contribution in [0.1, 0.15) is 15.9 Å². The lowest BCUT2D eigenvalue weighted by atomic mass is 10.0. The number of anilines is 1. The number of fused-ring (bicyclic) bond motifs is 1. The van der Waals surface area contributed by atoms with Crippen LogP contribution in [0.15, 0.2) is 36.7 Å². The average molecular weight is 285 g/mol. The molecule has 0 saturated heterocycles. The molecule has 0 fully saturated rings. The maximum Gasteiger partial charge on any atom is 0.198 e. The fraction of sp³-hybridized carbons (Fsp3) is 0.0667. The van der Waals surface area contributed by atoms with E-state index in [2.05, 4.69) is 9.97 Å². The molecule has 6 heteroatoms. The number of hydrogen-bond acceptors (Lipinski definition) is 4. The van der Waals surface area contributed by atoms with Crippen molar-refractivity contribution in [2.45, 2.75) is 0 Å². The number of rotatable bonds is 3. The Morgan fingerprint density at radius 2 is 2.14 bits per heavy atom. The highest BCUT2D eigenvalue weighted by Gasteiger charge is 2.19. The SMILES string of the molecule is COc1cnc2[nH]cc(C(=O)c3cc(N)ccc3F)c2c1. The average Bonchev–Trinajstić information content (AvgIpc) is 2.91. The van der Waals surface area contributed by atoms with Gasteiger partial charge in [0.25, 0.3) is 0 Å². The third-order valence-corrected chi connectivity index (χ3v) is 3.22. The van der Waals surface area contributed by atoms with Gasteiger partial charge in [-0.2, -0.15) is 0 Å². The van der Waals surface area contributed by atoms with Crippen LogP contribution in [0.3, 0.4) is 0 Å². The molecule has 0 spiro atoms. The number of H-pyrrole nitrogens is 1. The van der Waals surface area contributed by atoms with Crippen LogP contribution in [0.25, 0.3) is 11.0 Å². The molecule has 0 aliphatic heterocycles. The number of nitrogens with one attached hydrogen (secondary N) is 1. The maximum absolute atomic E-state index is 13.8. The first-order valence-electron chi connectivity index (χ1n) is 6.21.